The van der Waals surface area contributed by atoms with Gasteiger partial charge in [0.15, 0.2) is 0 Å². The summed E-state index contributed by atoms with van der Waals surface area (Å²) in [4.78, 5) is 26.2. The van der Waals surface area contributed by atoms with Gasteiger partial charge >= 0.3 is 0 Å². The molecule has 204 valence electrons. The SMILES string of the molecule is CCc1cnc(N2CCC(COc3ccc(C4=CCC(C(=O)N5CCC(C)CC5)CC4)c(F)c3)CC2)nc1. The fourth-order valence-corrected chi connectivity index (χ4v) is 5.84. The Balaban J connectivity index is 1.09. The molecule has 2 saturated heterocycles. The Hall–Kier alpha value is -2.96. The molecular weight excluding hydrogens is 479 g/mol. The molecule has 0 N–H and O–H groups in total. The van der Waals surface area contributed by atoms with Crippen molar-refractivity contribution in [1.82, 2.24) is 14.9 Å². The molecular formula is C31H41FN4O2. The number of carbonyl (C=O) groups is 1. The molecule has 1 aromatic heterocycles. The summed E-state index contributed by atoms with van der Waals surface area (Å²) in [5, 5.41) is 0. The van der Waals surface area contributed by atoms with Gasteiger partial charge in [0.1, 0.15) is 11.6 Å². The standard InChI is InChI=1S/C31H41FN4O2/c1-3-23-19-33-31(34-20-23)36-16-12-24(13-17-36)21-38-27-8-9-28(29(32)18-27)25-4-6-26(7-5-25)30(37)35-14-10-22(2)11-15-35/h4,8-9,18-20,22,24,26H,3,5-7,10-17,21H2,1-2H3. The zero-order chi connectivity index (χ0) is 26.5. The van der Waals surface area contributed by atoms with Gasteiger partial charge in [0.05, 0.1) is 6.61 Å². The zero-order valence-electron chi connectivity index (χ0n) is 22.9. The van der Waals surface area contributed by atoms with Gasteiger partial charge in [-0.1, -0.05) is 19.9 Å². The van der Waals surface area contributed by atoms with Crippen LogP contribution < -0.4 is 9.64 Å². The number of piperidine rings is 2. The third-order valence-electron chi connectivity index (χ3n) is 8.62. The van der Waals surface area contributed by atoms with Crippen LogP contribution in [0.25, 0.3) is 5.57 Å². The molecule has 1 unspecified atom stereocenters. The summed E-state index contributed by atoms with van der Waals surface area (Å²) in [7, 11) is 0. The van der Waals surface area contributed by atoms with Crippen LogP contribution in [0, 0.1) is 23.6 Å². The molecule has 3 heterocycles. The average Bonchev–Trinajstić information content (AvgIpc) is 2.97. The monoisotopic (exact) mass is 520 g/mol. The van der Waals surface area contributed by atoms with E-state index in [1.54, 1.807) is 0 Å². The first-order valence-corrected chi connectivity index (χ1v) is 14.5. The van der Waals surface area contributed by atoms with Gasteiger partial charge in [0, 0.05) is 56.1 Å². The van der Waals surface area contributed by atoms with Crippen molar-refractivity contribution in [2.45, 2.75) is 65.2 Å². The number of benzene rings is 1. The second kappa shape index (κ2) is 12.3. The molecule has 5 rings (SSSR count). The molecule has 7 heteroatoms. The van der Waals surface area contributed by atoms with E-state index in [-0.39, 0.29) is 17.6 Å². The molecule has 0 saturated carbocycles. The number of carbonyl (C=O) groups excluding carboxylic acids is 1. The van der Waals surface area contributed by atoms with E-state index in [0.717, 1.165) is 88.2 Å². The number of rotatable bonds is 7. The lowest BCUT2D eigenvalue weighted by atomic mass is 9.85. The number of nitrogens with zero attached hydrogens (tertiary/aromatic N) is 4. The number of ether oxygens (including phenoxy) is 1. The molecule has 2 aliphatic heterocycles. The minimum atomic E-state index is -0.244. The van der Waals surface area contributed by atoms with E-state index in [4.69, 9.17) is 4.74 Å². The maximum Gasteiger partial charge on any atom is 0.226 e. The highest BCUT2D eigenvalue weighted by atomic mass is 19.1. The van der Waals surface area contributed by atoms with E-state index in [2.05, 4.69) is 34.8 Å². The number of halogens is 1. The van der Waals surface area contributed by atoms with Gasteiger partial charge in [-0.2, -0.15) is 0 Å². The van der Waals surface area contributed by atoms with Crippen molar-refractivity contribution < 1.29 is 13.9 Å². The van der Waals surface area contributed by atoms with Gasteiger partial charge in [-0.15, -0.1) is 0 Å². The van der Waals surface area contributed by atoms with Gasteiger partial charge in [-0.3, -0.25) is 4.79 Å². The number of hydrogen-bond donors (Lipinski definition) is 0. The summed E-state index contributed by atoms with van der Waals surface area (Å²) in [6.45, 7) is 8.51. The molecule has 1 aliphatic carbocycles. The second-order valence-electron chi connectivity index (χ2n) is 11.3. The smallest absolute Gasteiger partial charge is 0.226 e. The van der Waals surface area contributed by atoms with Crippen molar-refractivity contribution in [1.29, 1.82) is 0 Å². The fourth-order valence-electron chi connectivity index (χ4n) is 5.84. The molecule has 6 nitrogen and oxygen atoms in total. The van der Waals surface area contributed by atoms with Crippen LogP contribution in [0.5, 0.6) is 5.75 Å². The second-order valence-corrected chi connectivity index (χ2v) is 11.3. The molecule has 1 aromatic carbocycles. The zero-order valence-corrected chi connectivity index (χ0v) is 22.9. The molecule has 38 heavy (non-hydrogen) atoms. The number of aromatic nitrogens is 2. The highest BCUT2D eigenvalue weighted by Gasteiger charge is 2.29. The maximum absolute atomic E-state index is 15.1. The molecule has 0 radical (unpaired) electrons. The topological polar surface area (TPSA) is 58.6 Å². The van der Waals surface area contributed by atoms with Gasteiger partial charge < -0.3 is 14.5 Å². The van der Waals surface area contributed by atoms with Crippen molar-refractivity contribution in [3.63, 3.8) is 0 Å². The largest absolute Gasteiger partial charge is 0.493 e. The Bertz CT molecular complexity index is 1120. The number of hydrogen-bond acceptors (Lipinski definition) is 5. The minimum absolute atomic E-state index is 0.0338. The third-order valence-corrected chi connectivity index (χ3v) is 8.62. The van der Waals surface area contributed by atoms with Crippen LogP contribution >= 0.6 is 0 Å². The van der Waals surface area contributed by atoms with Crippen molar-refractivity contribution in [2.75, 3.05) is 37.7 Å². The Morgan fingerprint density at radius 3 is 2.42 bits per heavy atom. The van der Waals surface area contributed by atoms with Gasteiger partial charge in [-0.25, -0.2) is 14.4 Å². The van der Waals surface area contributed by atoms with Crippen LogP contribution in [0.4, 0.5) is 10.3 Å². The summed E-state index contributed by atoms with van der Waals surface area (Å²) < 4.78 is 21.1. The first-order valence-electron chi connectivity index (χ1n) is 14.5. The van der Waals surface area contributed by atoms with Crippen LogP contribution in [-0.4, -0.2) is 53.6 Å². The summed E-state index contributed by atoms with van der Waals surface area (Å²) in [5.74, 6) is 2.59. The molecule has 3 aliphatic rings. The van der Waals surface area contributed by atoms with Crippen LogP contribution in [0.3, 0.4) is 0 Å². The van der Waals surface area contributed by atoms with Gasteiger partial charge in [0.25, 0.3) is 0 Å². The minimum Gasteiger partial charge on any atom is -0.493 e. The Kier molecular flexibility index (Phi) is 8.60. The van der Waals surface area contributed by atoms with Crippen molar-refractivity contribution in [3.8, 4) is 5.75 Å². The van der Waals surface area contributed by atoms with E-state index >= 15 is 4.39 Å². The Labute approximate surface area is 226 Å². The maximum atomic E-state index is 15.1. The lowest BCUT2D eigenvalue weighted by molar-refractivity contribution is -0.137. The number of allylic oxidation sites excluding steroid dienone is 2. The molecule has 1 atom stereocenters. The normalized spacial score (nSPS) is 21.3. The van der Waals surface area contributed by atoms with Crippen LogP contribution in [0.15, 0.2) is 36.7 Å². The highest BCUT2D eigenvalue weighted by molar-refractivity contribution is 5.81. The number of aryl methyl sites for hydroxylation is 1. The summed E-state index contributed by atoms with van der Waals surface area (Å²) >= 11 is 0. The van der Waals surface area contributed by atoms with Crippen LogP contribution in [-0.2, 0) is 11.2 Å². The quantitative estimate of drug-likeness (QED) is 0.454. The predicted molar refractivity (Wildman–Crippen MR) is 149 cm³/mol. The first-order chi connectivity index (χ1) is 18.5. The lowest BCUT2D eigenvalue weighted by Crippen LogP contribution is -2.41. The average molecular weight is 521 g/mol. The van der Waals surface area contributed by atoms with E-state index in [0.29, 0.717) is 36.2 Å². The lowest BCUT2D eigenvalue weighted by Gasteiger charge is -2.34. The van der Waals surface area contributed by atoms with E-state index in [9.17, 15) is 4.79 Å². The Morgan fingerprint density at radius 2 is 1.79 bits per heavy atom. The van der Waals surface area contributed by atoms with Crippen molar-refractivity contribution in [3.05, 3.63) is 53.6 Å². The Morgan fingerprint density at radius 1 is 1.05 bits per heavy atom. The number of likely N-dealkylation sites (tertiary alicyclic amines) is 1. The predicted octanol–water partition coefficient (Wildman–Crippen LogP) is 5.92. The van der Waals surface area contributed by atoms with Gasteiger partial charge in [0.2, 0.25) is 11.9 Å². The number of amides is 1. The molecule has 2 fully saturated rings. The summed E-state index contributed by atoms with van der Waals surface area (Å²) in [6.07, 6.45) is 13.3. The molecule has 1 amide bonds. The van der Waals surface area contributed by atoms with Crippen LogP contribution in [0.1, 0.15) is 69.9 Å². The summed E-state index contributed by atoms with van der Waals surface area (Å²) in [6, 6.07) is 5.23. The first kappa shape index (κ1) is 26.6. The summed E-state index contributed by atoms with van der Waals surface area (Å²) in [5.41, 5.74) is 2.79. The van der Waals surface area contributed by atoms with E-state index in [1.165, 1.54) is 6.07 Å². The number of anilines is 1. The van der Waals surface area contributed by atoms with Gasteiger partial charge in [-0.05, 0) is 86.5 Å². The third kappa shape index (κ3) is 6.36. The van der Waals surface area contributed by atoms with E-state index in [1.807, 2.05) is 29.4 Å². The van der Waals surface area contributed by atoms with Crippen molar-refractivity contribution in [2.24, 2.45) is 17.8 Å². The van der Waals surface area contributed by atoms with E-state index < -0.39 is 0 Å². The highest BCUT2D eigenvalue weighted by Crippen LogP contribution is 2.34. The van der Waals surface area contributed by atoms with Crippen molar-refractivity contribution >= 4 is 17.4 Å². The fraction of sp³-hybridized carbons (Fsp3) is 0.581. The van der Waals surface area contributed by atoms with Crippen LogP contribution in [0.2, 0.25) is 0 Å². The molecule has 0 bridgehead atoms. The molecule has 2 aromatic rings. The molecule has 0 spiro atoms.